The largest absolute Gasteiger partial charge is 0.492 e. The lowest BCUT2D eigenvalue weighted by atomic mass is 10.00. The smallest absolute Gasteiger partial charge is 0.170 e. The van der Waals surface area contributed by atoms with E-state index in [1.54, 1.807) is 0 Å². The number of hydrogen-bond acceptors (Lipinski definition) is 3. The Balaban J connectivity index is 1.70. The molecule has 0 aromatic heterocycles. The highest BCUT2D eigenvalue weighted by Gasteiger charge is 2.19. The summed E-state index contributed by atoms with van der Waals surface area (Å²) in [6, 6.07) is 8.67. The first-order valence-electron chi connectivity index (χ1n) is 9.25. The summed E-state index contributed by atoms with van der Waals surface area (Å²) in [5, 5.41) is 7.21. The van der Waals surface area contributed by atoms with Gasteiger partial charge in [-0.05, 0) is 63.5 Å². The molecule has 0 spiro atoms. The second-order valence-electron chi connectivity index (χ2n) is 6.26. The van der Waals surface area contributed by atoms with E-state index in [1.165, 1.54) is 32.2 Å². The number of rotatable bonds is 8. The van der Waals surface area contributed by atoms with Crippen molar-refractivity contribution in [3.05, 3.63) is 24.3 Å². The Hall–Kier alpha value is -1.33. The average Bonchev–Trinajstić information content (AvgIpc) is 2.61. The summed E-state index contributed by atoms with van der Waals surface area (Å²) in [5.41, 5.74) is 0.916. The van der Waals surface area contributed by atoms with Crippen LogP contribution in [0.4, 0.5) is 5.69 Å². The minimum Gasteiger partial charge on any atom is -0.492 e. The monoisotopic (exact) mass is 349 g/mol. The third-order valence-corrected chi connectivity index (χ3v) is 4.81. The fourth-order valence-corrected chi connectivity index (χ4v) is 3.53. The van der Waals surface area contributed by atoms with Crippen molar-refractivity contribution in [3.8, 4) is 5.75 Å². The molecule has 1 saturated heterocycles. The fraction of sp³-hybridized carbons (Fsp3) is 0.632. The number of para-hydroxylation sites is 2. The maximum absolute atomic E-state index is 5.61. The highest BCUT2D eigenvalue weighted by atomic mass is 32.1. The molecule has 2 N–H and O–H groups in total. The molecule has 1 aromatic carbocycles. The number of benzene rings is 1. The van der Waals surface area contributed by atoms with Gasteiger partial charge in [0.1, 0.15) is 5.75 Å². The van der Waals surface area contributed by atoms with Crippen molar-refractivity contribution in [1.82, 2.24) is 10.2 Å². The van der Waals surface area contributed by atoms with Crippen molar-refractivity contribution < 1.29 is 4.74 Å². The summed E-state index contributed by atoms with van der Waals surface area (Å²) in [6.45, 7) is 8.24. The molecule has 5 heteroatoms. The first kappa shape index (κ1) is 19.0. The minimum absolute atomic E-state index is 0.646. The zero-order valence-corrected chi connectivity index (χ0v) is 15.8. The molecule has 0 aliphatic carbocycles. The normalized spacial score (nSPS) is 18.2. The van der Waals surface area contributed by atoms with Gasteiger partial charge >= 0.3 is 0 Å². The summed E-state index contributed by atoms with van der Waals surface area (Å²) in [6.07, 6.45) is 6.48. The van der Waals surface area contributed by atoms with Crippen LogP contribution >= 0.6 is 12.2 Å². The SMILES string of the molecule is CCOc1ccccc1NC(=S)NCCCN1CCCC[C@H]1CC. The van der Waals surface area contributed by atoms with Gasteiger partial charge in [0.05, 0.1) is 12.3 Å². The van der Waals surface area contributed by atoms with Gasteiger partial charge in [0.2, 0.25) is 0 Å². The van der Waals surface area contributed by atoms with Gasteiger partial charge in [-0.25, -0.2) is 0 Å². The van der Waals surface area contributed by atoms with E-state index < -0.39 is 0 Å². The topological polar surface area (TPSA) is 36.5 Å². The van der Waals surface area contributed by atoms with Crippen molar-refractivity contribution in [2.45, 2.75) is 52.0 Å². The lowest BCUT2D eigenvalue weighted by molar-refractivity contribution is 0.143. The van der Waals surface area contributed by atoms with Gasteiger partial charge < -0.3 is 20.3 Å². The molecule has 0 bridgehead atoms. The van der Waals surface area contributed by atoms with E-state index in [0.29, 0.717) is 11.7 Å². The molecule has 0 saturated carbocycles. The van der Waals surface area contributed by atoms with Gasteiger partial charge in [0.15, 0.2) is 5.11 Å². The number of anilines is 1. The van der Waals surface area contributed by atoms with Crippen molar-refractivity contribution in [1.29, 1.82) is 0 Å². The standard InChI is InChI=1S/C19H31N3OS/c1-3-16-10-7-8-14-22(16)15-9-13-20-19(24)21-17-11-5-6-12-18(17)23-4-2/h5-6,11-12,16H,3-4,7-10,13-15H2,1-2H3,(H2,20,21,24)/t16-/m1/s1. The van der Waals surface area contributed by atoms with Crippen LogP contribution in [0.15, 0.2) is 24.3 Å². The molecule has 4 nitrogen and oxygen atoms in total. The summed E-state index contributed by atoms with van der Waals surface area (Å²) < 4.78 is 5.61. The van der Waals surface area contributed by atoms with Gasteiger partial charge in [0, 0.05) is 19.1 Å². The van der Waals surface area contributed by atoms with Crippen molar-refractivity contribution in [2.24, 2.45) is 0 Å². The number of ether oxygens (including phenoxy) is 1. The third-order valence-electron chi connectivity index (χ3n) is 4.56. The molecule has 1 aliphatic rings. The quantitative estimate of drug-likeness (QED) is 0.547. The summed E-state index contributed by atoms with van der Waals surface area (Å²) in [7, 11) is 0. The van der Waals surface area contributed by atoms with Crippen LogP contribution in [-0.2, 0) is 0 Å². The van der Waals surface area contributed by atoms with Crippen LogP contribution in [0.5, 0.6) is 5.75 Å². The Bertz CT molecular complexity index is 509. The van der Waals surface area contributed by atoms with E-state index in [0.717, 1.165) is 37.0 Å². The first-order valence-corrected chi connectivity index (χ1v) is 9.66. The average molecular weight is 350 g/mol. The third kappa shape index (κ3) is 5.95. The Kier molecular flexibility index (Phi) is 8.33. The van der Waals surface area contributed by atoms with Crippen molar-refractivity contribution in [2.75, 3.05) is 31.6 Å². The molecule has 1 aliphatic heterocycles. The van der Waals surface area contributed by atoms with E-state index in [9.17, 15) is 0 Å². The lowest BCUT2D eigenvalue weighted by Crippen LogP contribution is -2.40. The molecule has 1 aromatic rings. The highest BCUT2D eigenvalue weighted by Crippen LogP contribution is 2.23. The molecule has 1 heterocycles. The maximum Gasteiger partial charge on any atom is 0.170 e. The lowest BCUT2D eigenvalue weighted by Gasteiger charge is -2.35. The molecule has 24 heavy (non-hydrogen) atoms. The zero-order chi connectivity index (χ0) is 17.2. The second-order valence-corrected chi connectivity index (χ2v) is 6.67. The van der Waals surface area contributed by atoms with Crippen molar-refractivity contribution >= 4 is 23.0 Å². The van der Waals surface area contributed by atoms with E-state index in [-0.39, 0.29) is 0 Å². The van der Waals surface area contributed by atoms with Crippen LogP contribution in [0, 0.1) is 0 Å². The van der Waals surface area contributed by atoms with Crippen LogP contribution in [0.3, 0.4) is 0 Å². The van der Waals surface area contributed by atoms with Gasteiger partial charge in [-0.15, -0.1) is 0 Å². The second kappa shape index (κ2) is 10.5. The minimum atomic E-state index is 0.646. The van der Waals surface area contributed by atoms with Gasteiger partial charge in [-0.1, -0.05) is 25.5 Å². The van der Waals surface area contributed by atoms with E-state index in [4.69, 9.17) is 17.0 Å². The molecular formula is C19H31N3OS. The number of likely N-dealkylation sites (tertiary alicyclic amines) is 1. The number of thiocarbonyl (C=S) groups is 1. The number of nitrogens with zero attached hydrogens (tertiary/aromatic N) is 1. The maximum atomic E-state index is 5.61. The highest BCUT2D eigenvalue weighted by molar-refractivity contribution is 7.80. The predicted octanol–water partition coefficient (Wildman–Crippen LogP) is 4.03. The molecule has 0 unspecified atom stereocenters. The Labute approximate surface area is 152 Å². The molecule has 1 fully saturated rings. The Morgan fingerprint density at radius 3 is 2.92 bits per heavy atom. The van der Waals surface area contributed by atoms with Gasteiger partial charge in [-0.3, -0.25) is 0 Å². The van der Waals surface area contributed by atoms with Crippen molar-refractivity contribution in [3.63, 3.8) is 0 Å². The Morgan fingerprint density at radius 2 is 2.12 bits per heavy atom. The number of hydrogen-bond donors (Lipinski definition) is 2. The Morgan fingerprint density at radius 1 is 1.29 bits per heavy atom. The molecule has 0 radical (unpaired) electrons. The van der Waals surface area contributed by atoms with Crippen LogP contribution in [0.25, 0.3) is 0 Å². The fourth-order valence-electron chi connectivity index (χ4n) is 3.32. The first-order chi connectivity index (χ1) is 11.7. The summed E-state index contributed by atoms with van der Waals surface area (Å²) in [5.74, 6) is 0.836. The van der Waals surface area contributed by atoms with Gasteiger partial charge in [-0.2, -0.15) is 0 Å². The van der Waals surface area contributed by atoms with E-state index in [1.807, 2.05) is 31.2 Å². The van der Waals surface area contributed by atoms with E-state index >= 15 is 0 Å². The van der Waals surface area contributed by atoms with Crippen LogP contribution in [0.2, 0.25) is 0 Å². The number of piperidine rings is 1. The van der Waals surface area contributed by atoms with Crippen LogP contribution in [0.1, 0.15) is 46.0 Å². The molecule has 2 rings (SSSR count). The summed E-state index contributed by atoms with van der Waals surface area (Å²) in [4.78, 5) is 2.64. The molecule has 0 amide bonds. The summed E-state index contributed by atoms with van der Waals surface area (Å²) >= 11 is 5.40. The van der Waals surface area contributed by atoms with E-state index in [2.05, 4.69) is 22.5 Å². The molecular weight excluding hydrogens is 318 g/mol. The van der Waals surface area contributed by atoms with Crippen LogP contribution in [-0.4, -0.2) is 42.3 Å². The van der Waals surface area contributed by atoms with Gasteiger partial charge in [0.25, 0.3) is 0 Å². The zero-order valence-electron chi connectivity index (χ0n) is 15.0. The predicted molar refractivity (Wildman–Crippen MR) is 106 cm³/mol. The molecule has 1 atom stereocenters. The number of nitrogens with one attached hydrogen (secondary N) is 2. The molecule has 134 valence electrons. The van der Waals surface area contributed by atoms with Crippen LogP contribution < -0.4 is 15.4 Å².